The normalized spacial score (nSPS) is 9.89. The summed E-state index contributed by atoms with van der Waals surface area (Å²) in [5.74, 6) is -0.456. The molecule has 2 aromatic rings. The van der Waals surface area contributed by atoms with Crippen LogP contribution in [0.2, 0.25) is 0 Å². The minimum atomic E-state index is -0.544. The van der Waals surface area contributed by atoms with Crippen molar-refractivity contribution in [1.82, 2.24) is 4.98 Å². The number of carbonyl (C=O) groups excluding carboxylic acids is 2. The third-order valence-corrected chi connectivity index (χ3v) is 2.86. The average Bonchev–Trinajstić information content (AvgIpc) is 2.89. The smallest absolute Gasteiger partial charge is 0.264 e. The molecule has 0 fully saturated rings. The lowest BCUT2D eigenvalue weighted by Crippen LogP contribution is -2.20. The van der Waals surface area contributed by atoms with Crippen molar-refractivity contribution in [2.75, 3.05) is 11.9 Å². The Morgan fingerprint density at radius 1 is 1.42 bits per heavy atom. The molecule has 0 spiro atoms. The van der Waals surface area contributed by atoms with Crippen LogP contribution in [0.25, 0.3) is 0 Å². The highest BCUT2D eigenvalue weighted by molar-refractivity contribution is 7.13. The van der Waals surface area contributed by atoms with Gasteiger partial charge in [0.15, 0.2) is 11.7 Å². The molecule has 7 heteroatoms. The van der Waals surface area contributed by atoms with Gasteiger partial charge in [-0.15, -0.1) is 11.3 Å². The number of ether oxygens (including phenoxy) is 1. The Morgan fingerprint density at radius 3 is 2.95 bits per heavy atom. The molecular weight excluding hydrogens is 266 g/mol. The molecule has 1 heterocycles. The summed E-state index contributed by atoms with van der Waals surface area (Å²) in [6.07, 6.45) is 1.59. The van der Waals surface area contributed by atoms with Crippen LogP contribution in [0.3, 0.4) is 0 Å². The molecule has 0 aliphatic rings. The molecule has 6 nitrogen and oxygen atoms in total. The summed E-state index contributed by atoms with van der Waals surface area (Å²) in [7, 11) is 0. The van der Waals surface area contributed by atoms with Crippen LogP contribution in [-0.4, -0.2) is 23.4 Å². The molecule has 0 saturated carbocycles. The average molecular weight is 277 g/mol. The Balaban J connectivity index is 1.89. The Hall–Kier alpha value is -2.41. The van der Waals surface area contributed by atoms with Crippen molar-refractivity contribution in [3.05, 3.63) is 41.4 Å². The summed E-state index contributed by atoms with van der Waals surface area (Å²) in [6.45, 7) is -0.165. The van der Waals surface area contributed by atoms with Crippen molar-refractivity contribution in [1.29, 1.82) is 0 Å². The topological polar surface area (TPSA) is 94.3 Å². The van der Waals surface area contributed by atoms with Crippen LogP contribution in [0.1, 0.15) is 10.4 Å². The molecular formula is C12H11N3O3S. The third-order valence-electron chi connectivity index (χ3n) is 2.17. The van der Waals surface area contributed by atoms with Gasteiger partial charge in [0.25, 0.3) is 5.91 Å². The number of nitrogens with zero attached hydrogens (tertiary/aromatic N) is 1. The Morgan fingerprint density at radius 2 is 2.26 bits per heavy atom. The molecule has 2 amide bonds. The molecule has 1 aromatic carbocycles. The maximum absolute atomic E-state index is 11.5. The number of benzene rings is 1. The van der Waals surface area contributed by atoms with E-state index in [0.29, 0.717) is 16.4 Å². The van der Waals surface area contributed by atoms with Crippen LogP contribution in [0, 0.1) is 0 Å². The highest BCUT2D eigenvalue weighted by Gasteiger charge is 2.06. The van der Waals surface area contributed by atoms with Gasteiger partial charge in [0.05, 0.1) is 0 Å². The quantitative estimate of drug-likeness (QED) is 0.860. The van der Waals surface area contributed by atoms with E-state index in [9.17, 15) is 9.59 Å². The lowest BCUT2D eigenvalue weighted by atomic mass is 10.2. The van der Waals surface area contributed by atoms with Crippen molar-refractivity contribution in [3.8, 4) is 5.75 Å². The van der Waals surface area contributed by atoms with Crippen LogP contribution >= 0.6 is 11.3 Å². The highest BCUT2D eigenvalue weighted by atomic mass is 32.1. The minimum Gasteiger partial charge on any atom is -0.484 e. The lowest BCUT2D eigenvalue weighted by molar-refractivity contribution is -0.118. The molecule has 0 bridgehead atoms. The Kier molecular flexibility index (Phi) is 4.09. The summed E-state index contributed by atoms with van der Waals surface area (Å²) < 4.78 is 5.26. The Bertz CT molecular complexity index is 584. The fourth-order valence-electron chi connectivity index (χ4n) is 1.33. The number of hydrogen-bond acceptors (Lipinski definition) is 5. The van der Waals surface area contributed by atoms with Crippen LogP contribution < -0.4 is 15.8 Å². The monoisotopic (exact) mass is 277 g/mol. The fraction of sp³-hybridized carbons (Fsp3) is 0.0833. The van der Waals surface area contributed by atoms with Gasteiger partial charge in [0, 0.05) is 17.1 Å². The number of thiazole rings is 1. The van der Waals surface area contributed by atoms with Gasteiger partial charge >= 0.3 is 0 Å². The SMILES string of the molecule is NC(=O)c1cccc(OCC(=O)Nc2nccs2)c1. The second kappa shape index (κ2) is 5.96. The zero-order chi connectivity index (χ0) is 13.7. The van der Waals surface area contributed by atoms with Gasteiger partial charge in [0.1, 0.15) is 5.75 Å². The first-order valence-electron chi connectivity index (χ1n) is 5.37. The van der Waals surface area contributed by atoms with E-state index < -0.39 is 5.91 Å². The minimum absolute atomic E-state index is 0.165. The predicted octanol–water partition coefficient (Wildman–Crippen LogP) is 1.26. The maximum atomic E-state index is 11.5. The molecule has 0 aliphatic carbocycles. The van der Waals surface area contributed by atoms with E-state index in [1.165, 1.54) is 17.4 Å². The number of nitrogens with one attached hydrogen (secondary N) is 1. The molecule has 0 saturated heterocycles. The van der Waals surface area contributed by atoms with E-state index in [2.05, 4.69) is 10.3 Å². The maximum Gasteiger partial charge on any atom is 0.264 e. The molecule has 1 aromatic heterocycles. The number of amides is 2. The van der Waals surface area contributed by atoms with Crippen LogP contribution in [0.5, 0.6) is 5.75 Å². The molecule has 98 valence electrons. The summed E-state index contributed by atoms with van der Waals surface area (Å²) in [4.78, 5) is 26.4. The number of hydrogen-bond donors (Lipinski definition) is 2. The van der Waals surface area contributed by atoms with Gasteiger partial charge in [-0.25, -0.2) is 4.98 Å². The summed E-state index contributed by atoms with van der Waals surface area (Å²) in [5.41, 5.74) is 5.48. The number of nitrogens with two attached hydrogens (primary N) is 1. The fourth-order valence-corrected chi connectivity index (χ4v) is 1.87. The second-order valence-corrected chi connectivity index (χ2v) is 4.46. The van der Waals surface area contributed by atoms with Gasteiger partial charge in [-0.2, -0.15) is 0 Å². The van der Waals surface area contributed by atoms with Crippen molar-refractivity contribution < 1.29 is 14.3 Å². The van der Waals surface area contributed by atoms with Crippen molar-refractivity contribution >= 4 is 28.3 Å². The molecule has 0 unspecified atom stereocenters. The molecule has 0 aliphatic heterocycles. The van der Waals surface area contributed by atoms with E-state index >= 15 is 0 Å². The number of rotatable bonds is 5. The van der Waals surface area contributed by atoms with Gasteiger partial charge in [-0.1, -0.05) is 6.07 Å². The highest BCUT2D eigenvalue weighted by Crippen LogP contribution is 2.13. The number of carbonyl (C=O) groups is 2. The summed E-state index contributed by atoms with van der Waals surface area (Å²) in [6, 6.07) is 6.33. The first-order valence-corrected chi connectivity index (χ1v) is 6.25. The molecule has 2 rings (SSSR count). The summed E-state index contributed by atoms with van der Waals surface area (Å²) >= 11 is 1.32. The van der Waals surface area contributed by atoms with E-state index in [0.717, 1.165) is 0 Å². The van der Waals surface area contributed by atoms with Gasteiger partial charge in [-0.05, 0) is 18.2 Å². The number of primary amides is 1. The van der Waals surface area contributed by atoms with Crippen molar-refractivity contribution in [2.24, 2.45) is 5.73 Å². The molecule has 19 heavy (non-hydrogen) atoms. The molecule has 0 radical (unpaired) electrons. The first-order chi connectivity index (χ1) is 9.15. The third kappa shape index (κ3) is 3.78. The Labute approximate surface area is 113 Å². The van der Waals surface area contributed by atoms with Gasteiger partial charge in [-0.3, -0.25) is 14.9 Å². The van der Waals surface area contributed by atoms with E-state index in [4.69, 9.17) is 10.5 Å². The summed E-state index contributed by atoms with van der Waals surface area (Å²) in [5, 5.41) is 4.85. The predicted molar refractivity (Wildman–Crippen MR) is 71.2 cm³/mol. The number of aromatic nitrogens is 1. The zero-order valence-electron chi connectivity index (χ0n) is 9.83. The van der Waals surface area contributed by atoms with E-state index in [-0.39, 0.29) is 12.5 Å². The number of anilines is 1. The zero-order valence-corrected chi connectivity index (χ0v) is 10.6. The largest absolute Gasteiger partial charge is 0.484 e. The lowest BCUT2D eigenvalue weighted by Gasteiger charge is -2.06. The van der Waals surface area contributed by atoms with Crippen LogP contribution in [0.15, 0.2) is 35.8 Å². The molecule has 0 atom stereocenters. The van der Waals surface area contributed by atoms with E-state index in [1.54, 1.807) is 29.8 Å². The van der Waals surface area contributed by atoms with Crippen molar-refractivity contribution in [2.45, 2.75) is 0 Å². The van der Waals surface area contributed by atoms with E-state index in [1.807, 2.05) is 0 Å². The van der Waals surface area contributed by atoms with Crippen molar-refractivity contribution in [3.63, 3.8) is 0 Å². The molecule has 3 N–H and O–H groups in total. The van der Waals surface area contributed by atoms with Gasteiger partial charge < -0.3 is 10.5 Å². The second-order valence-electron chi connectivity index (χ2n) is 3.57. The van der Waals surface area contributed by atoms with Crippen LogP contribution in [0.4, 0.5) is 5.13 Å². The van der Waals surface area contributed by atoms with Crippen LogP contribution in [-0.2, 0) is 4.79 Å². The first kappa shape index (κ1) is 13.0. The standard InChI is InChI=1S/C12H11N3O3S/c13-11(17)8-2-1-3-9(6-8)18-7-10(16)15-12-14-4-5-19-12/h1-6H,7H2,(H2,13,17)(H,14,15,16). The van der Waals surface area contributed by atoms with Gasteiger partial charge in [0.2, 0.25) is 5.91 Å².